The third kappa shape index (κ3) is 4.14. The van der Waals surface area contributed by atoms with Crippen LogP contribution in [0.2, 0.25) is 0 Å². The fourth-order valence-corrected chi connectivity index (χ4v) is 1.04. The van der Waals surface area contributed by atoms with Crippen molar-refractivity contribution in [2.75, 3.05) is 26.4 Å². The molecule has 78 valence electrons. The number of allylic oxidation sites excluding steroid dienone is 3. The van der Waals surface area contributed by atoms with E-state index < -0.39 is 0 Å². The van der Waals surface area contributed by atoms with Crippen molar-refractivity contribution in [1.29, 1.82) is 0 Å². The van der Waals surface area contributed by atoms with E-state index in [0.717, 1.165) is 5.76 Å². The van der Waals surface area contributed by atoms with Crippen molar-refractivity contribution < 1.29 is 14.2 Å². The minimum absolute atomic E-state index is 0.547. The van der Waals surface area contributed by atoms with Crippen LogP contribution < -0.4 is 0 Å². The maximum atomic E-state index is 5.33. The zero-order valence-electron chi connectivity index (χ0n) is 8.49. The van der Waals surface area contributed by atoms with Crippen LogP contribution >= 0.6 is 0 Å². The zero-order chi connectivity index (χ0) is 10.2. The highest BCUT2D eigenvalue weighted by atomic mass is 16.6. The second kappa shape index (κ2) is 6.27. The first-order valence-electron chi connectivity index (χ1n) is 4.72. The van der Waals surface area contributed by atoms with Gasteiger partial charge < -0.3 is 14.2 Å². The van der Waals surface area contributed by atoms with Gasteiger partial charge in [-0.3, -0.25) is 0 Å². The van der Waals surface area contributed by atoms with Gasteiger partial charge in [-0.25, -0.2) is 0 Å². The van der Waals surface area contributed by atoms with E-state index in [1.54, 1.807) is 6.08 Å². The average Bonchev–Trinajstić information content (AvgIpc) is 2.20. The first-order valence-corrected chi connectivity index (χ1v) is 4.72. The third-order valence-electron chi connectivity index (χ3n) is 1.65. The maximum Gasteiger partial charge on any atom is 0.122 e. The number of rotatable bonds is 4. The quantitative estimate of drug-likeness (QED) is 0.508. The SMILES string of the molecule is C=C(/C=C\C=C1/COCCO1)OCC. The lowest BCUT2D eigenvalue weighted by atomic mass is 10.3. The van der Waals surface area contributed by atoms with Crippen LogP contribution in [0.4, 0.5) is 0 Å². The van der Waals surface area contributed by atoms with Crippen molar-refractivity contribution >= 4 is 0 Å². The molecule has 14 heavy (non-hydrogen) atoms. The summed E-state index contributed by atoms with van der Waals surface area (Å²) in [4.78, 5) is 0. The van der Waals surface area contributed by atoms with E-state index in [1.165, 1.54) is 0 Å². The Kier molecular flexibility index (Phi) is 4.86. The van der Waals surface area contributed by atoms with Gasteiger partial charge in [0.2, 0.25) is 0 Å². The predicted molar refractivity (Wildman–Crippen MR) is 54.8 cm³/mol. The van der Waals surface area contributed by atoms with Crippen molar-refractivity contribution in [3.8, 4) is 0 Å². The average molecular weight is 196 g/mol. The Morgan fingerprint density at radius 3 is 3.07 bits per heavy atom. The first kappa shape index (κ1) is 10.9. The molecule has 3 nitrogen and oxygen atoms in total. The molecule has 0 N–H and O–H groups in total. The van der Waals surface area contributed by atoms with Gasteiger partial charge in [-0.15, -0.1) is 0 Å². The molecule has 1 rings (SSSR count). The summed E-state index contributed by atoms with van der Waals surface area (Å²) >= 11 is 0. The molecule has 0 radical (unpaired) electrons. The molecule has 0 aromatic rings. The van der Waals surface area contributed by atoms with Gasteiger partial charge in [0, 0.05) is 0 Å². The molecule has 0 atom stereocenters. The molecule has 0 bridgehead atoms. The van der Waals surface area contributed by atoms with Crippen LogP contribution in [-0.4, -0.2) is 26.4 Å². The van der Waals surface area contributed by atoms with E-state index in [9.17, 15) is 0 Å². The topological polar surface area (TPSA) is 27.7 Å². The van der Waals surface area contributed by atoms with Crippen LogP contribution in [0.15, 0.2) is 36.3 Å². The van der Waals surface area contributed by atoms with Crippen molar-refractivity contribution in [3.05, 3.63) is 36.3 Å². The highest BCUT2D eigenvalue weighted by Crippen LogP contribution is 2.05. The Bertz CT molecular complexity index is 233. The lowest BCUT2D eigenvalue weighted by Gasteiger charge is -2.15. The van der Waals surface area contributed by atoms with Crippen LogP contribution in [0.3, 0.4) is 0 Å². The van der Waals surface area contributed by atoms with E-state index in [4.69, 9.17) is 14.2 Å². The Morgan fingerprint density at radius 2 is 2.43 bits per heavy atom. The first-order chi connectivity index (χ1) is 6.83. The normalized spacial score (nSPS) is 19.6. The van der Waals surface area contributed by atoms with Crippen molar-refractivity contribution in [3.63, 3.8) is 0 Å². The highest BCUT2D eigenvalue weighted by molar-refractivity contribution is 5.16. The van der Waals surface area contributed by atoms with Crippen LogP contribution in [0.5, 0.6) is 0 Å². The van der Waals surface area contributed by atoms with Gasteiger partial charge >= 0.3 is 0 Å². The predicted octanol–water partition coefficient (Wildman–Crippen LogP) is 2.02. The zero-order valence-corrected chi connectivity index (χ0v) is 8.49. The Hall–Kier alpha value is -1.22. The fraction of sp³-hybridized carbons (Fsp3) is 0.455. The molecule has 1 saturated heterocycles. The molecule has 0 unspecified atom stereocenters. The van der Waals surface area contributed by atoms with Gasteiger partial charge in [-0.1, -0.05) is 12.7 Å². The van der Waals surface area contributed by atoms with E-state index in [1.807, 2.05) is 19.1 Å². The minimum atomic E-state index is 0.547. The molecular formula is C11H16O3. The number of ether oxygens (including phenoxy) is 3. The Labute approximate surface area is 84.7 Å². The molecule has 1 fully saturated rings. The van der Waals surface area contributed by atoms with Gasteiger partial charge in [0.1, 0.15) is 24.7 Å². The van der Waals surface area contributed by atoms with Gasteiger partial charge in [-0.05, 0) is 19.1 Å². The van der Waals surface area contributed by atoms with Crippen LogP contribution in [0.25, 0.3) is 0 Å². The molecule has 3 heteroatoms. The molecule has 0 aromatic heterocycles. The van der Waals surface area contributed by atoms with Crippen molar-refractivity contribution in [1.82, 2.24) is 0 Å². The third-order valence-corrected chi connectivity index (χ3v) is 1.65. The van der Waals surface area contributed by atoms with Crippen LogP contribution in [0, 0.1) is 0 Å². The summed E-state index contributed by atoms with van der Waals surface area (Å²) in [7, 11) is 0. The van der Waals surface area contributed by atoms with E-state index in [0.29, 0.717) is 32.2 Å². The van der Waals surface area contributed by atoms with E-state index in [2.05, 4.69) is 6.58 Å². The largest absolute Gasteiger partial charge is 0.495 e. The fourth-order valence-electron chi connectivity index (χ4n) is 1.04. The molecule has 1 aliphatic rings. The summed E-state index contributed by atoms with van der Waals surface area (Å²) in [5.74, 6) is 1.50. The summed E-state index contributed by atoms with van der Waals surface area (Å²) < 4.78 is 15.7. The molecule has 1 aliphatic heterocycles. The number of hydrogen-bond donors (Lipinski definition) is 0. The monoisotopic (exact) mass is 196 g/mol. The molecule has 0 spiro atoms. The Morgan fingerprint density at radius 1 is 1.57 bits per heavy atom. The van der Waals surface area contributed by atoms with Gasteiger partial charge in [0.25, 0.3) is 0 Å². The number of hydrogen-bond acceptors (Lipinski definition) is 3. The molecule has 1 heterocycles. The van der Waals surface area contributed by atoms with Crippen molar-refractivity contribution in [2.24, 2.45) is 0 Å². The molecule has 0 amide bonds. The second-order valence-electron chi connectivity index (χ2n) is 2.79. The molecule has 0 aliphatic carbocycles. The van der Waals surface area contributed by atoms with Gasteiger partial charge in [-0.2, -0.15) is 0 Å². The van der Waals surface area contributed by atoms with Crippen molar-refractivity contribution in [2.45, 2.75) is 6.92 Å². The summed E-state index contributed by atoms with van der Waals surface area (Å²) in [5.41, 5.74) is 0. The van der Waals surface area contributed by atoms with E-state index >= 15 is 0 Å². The lowest BCUT2D eigenvalue weighted by Crippen LogP contribution is -2.15. The summed E-state index contributed by atoms with van der Waals surface area (Å²) in [5, 5.41) is 0. The second-order valence-corrected chi connectivity index (χ2v) is 2.79. The lowest BCUT2D eigenvalue weighted by molar-refractivity contribution is 0.0135. The molecule has 0 aromatic carbocycles. The standard InChI is InChI=1S/C11H16O3/c1-3-13-10(2)5-4-6-11-9-12-7-8-14-11/h4-6H,2-3,7-9H2,1H3/b5-4-,11-6+. The smallest absolute Gasteiger partial charge is 0.122 e. The van der Waals surface area contributed by atoms with E-state index in [-0.39, 0.29) is 0 Å². The Balaban J connectivity index is 2.32. The van der Waals surface area contributed by atoms with Gasteiger partial charge in [0.15, 0.2) is 0 Å². The van der Waals surface area contributed by atoms with Crippen LogP contribution in [-0.2, 0) is 14.2 Å². The van der Waals surface area contributed by atoms with Gasteiger partial charge in [0.05, 0.1) is 13.2 Å². The maximum absolute atomic E-state index is 5.33. The molecule has 0 saturated carbocycles. The molecular weight excluding hydrogens is 180 g/mol. The minimum Gasteiger partial charge on any atom is -0.495 e. The summed E-state index contributed by atoms with van der Waals surface area (Å²) in [6, 6.07) is 0. The highest BCUT2D eigenvalue weighted by Gasteiger charge is 2.03. The summed E-state index contributed by atoms with van der Waals surface area (Å²) in [6.45, 7) is 8.13. The van der Waals surface area contributed by atoms with Crippen LogP contribution in [0.1, 0.15) is 6.92 Å². The summed E-state index contributed by atoms with van der Waals surface area (Å²) in [6.07, 6.45) is 5.51.